The highest BCUT2D eigenvalue weighted by molar-refractivity contribution is 7.90. The zero-order chi connectivity index (χ0) is 12.0. The van der Waals surface area contributed by atoms with Crippen molar-refractivity contribution in [3.8, 4) is 0 Å². The van der Waals surface area contributed by atoms with Crippen LogP contribution in [-0.2, 0) is 16.3 Å². The van der Waals surface area contributed by atoms with Crippen molar-refractivity contribution in [2.45, 2.75) is 25.4 Å². The zero-order valence-corrected chi connectivity index (χ0v) is 10.2. The molecule has 0 aromatic carbocycles. The topological polar surface area (TPSA) is 67.3 Å². The molecule has 1 aromatic heterocycles. The molecule has 0 aliphatic rings. The number of hydrogen-bond donors (Lipinski definition) is 1. The monoisotopic (exact) mass is 243 g/mol. The molecule has 1 unspecified atom stereocenters. The zero-order valence-electron chi connectivity index (χ0n) is 9.33. The second kappa shape index (κ2) is 5.96. The van der Waals surface area contributed by atoms with Crippen molar-refractivity contribution in [1.29, 1.82) is 0 Å². The summed E-state index contributed by atoms with van der Waals surface area (Å²) in [5.74, 6) is 0.131. The predicted octanol–water partition coefficient (Wildman–Crippen LogP) is 0.810. The third-order valence-electron chi connectivity index (χ3n) is 2.22. The highest BCUT2D eigenvalue weighted by Gasteiger charge is 2.08. The highest BCUT2D eigenvalue weighted by atomic mass is 32.2. The molecule has 1 rings (SSSR count). The van der Waals surface area contributed by atoms with Crippen LogP contribution in [0.4, 0.5) is 0 Å². The maximum absolute atomic E-state index is 10.9. The number of aliphatic hydroxyl groups excluding tert-OH is 1. The Morgan fingerprint density at radius 3 is 2.75 bits per heavy atom. The van der Waals surface area contributed by atoms with E-state index in [4.69, 9.17) is 0 Å². The third-order valence-corrected chi connectivity index (χ3v) is 3.25. The van der Waals surface area contributed by atoms with Crippen LogP contribution in [-0.4, -0.2) is 36.6 Å². The van der Waals surface area contributed by atoms with E-state index in [1.54, 1.807) is 6.20 Å². The van der Waals surface area contributed by atoms with Crippen LogP contribution in [0.15, 0.2) is 24.4 Å². The molecule has 0 amide bonds. The Hall–Kier alpha value is -0.940. The van der Waals surface area contributed by atoms with Gasteiger partial charge in [0.25, 0.3) is 0 Å². The molecular formula is C11H17NO3S. The number of aliphatic hydroxyl groups is 1. The van der Waals surface area contributed by atoms with Gasteiger partial charge in [0.05, 0.1) is 6.10 Å². The Labute approximate surface area is 96.3 Å². The van der Waals surface area contributed by atoms with Gasteiger partial charge in [-0.2, -0.15) is 0 Å². The quantitative estimate of drug-likeness (QED) is 0.803. The summed E-state index contributed by atoms with van der Waals surface area (Å²) in [5.41, 5.74) is 0.828. The second-order valence-corrected chi connectivity index (χ2v) is 6.21. The minimum Gasteiger partial charge on any atom is -0.393 e. The largest absolute Gasteiger partial charge is 0.393 e. The third kappa shape index (κ3) is 5.82. The van der Waals surface area contributed by atoms with Gasteiger partial charge in [0.15, 0.2) is 0 Å². The molecule has 0 fully saturated rings. The van der Waals surface area contributed by atoms with Crippen molar-refractivity contribution in [2.75, 3.05) is 12.0 Å². The average molecular weight is 243 g/mol. The van der Waals surface area contributed by atoms with Gasteiger partial charge in [0, 0.05) is 30.3 Å². The first-order valence-electron chi connectivity index (χ1n) is 5.23. The summed E-state index contributed by atoms with van der Waals surface area (Å²) in [5, 5.41) is 9.66. The first kappa shape index (κ1) is 13.1. The Morgan fingerprint density at radius 2 is 2.19 bits per heavy atom. The van der Waals surface area contributed by atoms with E-state index in [2.05, 4.69) is 4.98 Å². The molecule has 0 saturated heterocycles. The predicted molar refractivity (Wildman–Crippen MR) is 62.9 cm³/mol. The summed E-state index contributed by atoms with van der Waals surface area (Å²) in [6, 6.07) is 5.53. The number of sulfone groups is 1. The number of hydrogen-bond acceptors (Lipinski definition) is 4. The Morgan fingerprint density at radius 1 is 1.44 bits per heavy atom. The number of aromatic nitrogens is 1. The molecule has 1 N–H and O–H groups in total. The molecule has 0 saturated carbocycles. The minimum absolute atomic E-state index is 0.131. The first-order valence-corrected chi connectivity index (χ1v) is 7.29. The minimum atomic E-state index is -2.92. The Bertz CT molecular complexity index is 402. The van der Waals surface area contributed by atoms with Gasteiger partial charge in [0.1, 0.15) is 9.84 Å². The van der Waals surface area contributed by atoms with Crippen LogP contribution in [0.1, 0.15) is 18.5 Å². The van der Waals surface area contributed by atoms with E-state index in [0.29, 0.717) is 19.3 Å². The smallest absolute Gasteiger partial charge is 0.147 e. The lowest BCUT2D eigenvalue weighted by Gasteiger charge is -2.09. The Kier molecular flexibility index (Phi) is 4.89. The van der Waals surface area contributed by atoms with Crippen LogP contribution in [0.3, 0.4) is 0 Å². The summed E-state index contributed by atoms with van der Waals surface area (Å²) in [6.45, 7) is 0. The summed E-state index contributed by atoms with van der Waals surface area (Å²) >= 11 is 0. The van der Waals surface area contributed by atoms with Crippen LogP contribution in [0.25, 0.3) is 0 Å². The average Bonchev–Trinajstić information content (AvgIpc) is 2.17. The molecule has 1 heterocycles. The van der Waals surface area contributed by atoms with Gasteiger partial charge >= 0.3 is 0 Å². The molecule has 0 bridgehead atoms. The number of rotatable bonds is 6. The molecule has 5 heteroatoms. The van der Waals surface area contributed by atoms with E-state index in [9.17, 15) is 13.5 Å². The van der Waals surface area contributed by atoms with Crippen molar-refractivity contribution < 1.29 is 13.5 Å². The first-order chi connectivity index (χ1) is 7.47. The SMILES string of the molecule is CS(=O)(=O)CCCC(O)Cc1ccccn1. The molecule has 4 nitrogen and oxygen atoms in total. The normalized spacial score (nSPS) is 13.6. The van der Waals surface area contributed by atoms with Crippen LogP contribution in [0.2, 0.25) is 0 Å². The molecular weight excluding hydrogens is 226 g/mol. The van der Waals surface area contributed by atoms with E-state index in [1.807, 2.05) is 18.2 Å². The van der Waals surface area contributed by atoms with Crippen molar-refractivity contribution in [1.82, 2.24) is 4.98 Å². The number of nitrogens with zero attached hydrogens (tertiary/aromatic N) is 1. The molecule has 0 aliphatic heterocycles. The van der Waals surface area contributed by atoms with E-state index < -0.39 is 15.9 Å². The summed E-state index contributed by atoms with van der Waals surface area (Å²) in [7, 11) is -2.92. The van der Waals surface area contributed by atoms with Gasteiger partial charge in [0.2, 0.25) is 0 Å². The highest BCUT2D eigenvalue weighted by Crippen LogP contribution is 2.06. The summed E-state index contributed by atoms with van der Waals surface area (Å²) in [4.78, 5) is 4.10. The van der Waals surface area contributed by atoms with Crippen molar-refractivity contribution in [2.24, 2.45) is 0 Å². The molecule has 0 aliphatic carbocycles. The van der Waals surface area contributed by atoms with Gasteiger partial charge in [-0.3, -0.25) is 4.98 Å². The van der Waals surface area contributed by atoms with Gasteiger partial charge in [-0.25, -0.2) is 8.42 Å². The fourth-order valence-electron chi connectivity index (χ4n) is 1.44. The lowest BCUT2D eigenvalue weighted by molar-refractivity contribution is 0.163. The fourth-order valence-corrected chi connectivity index (χ4v) is 2.13. The van der Waals surface area contributed by atoms with Crippen LogP contribution in [0.5, 0.6) is 0 Å². The lowest BCUT2D eigenvalue weighted by atomic mass is 10.1. The van der Waals surface area contributed by atoms with E-state index in [1.165, 1.54) is 6.26 Å². The van der Waals surface area contributed by atoms with Crippen molar-refractivity contribution >= 4 is 9.84 Å². The van der Waals surface area contributed by atoms with Gasteiger partial charge in [-0.05, 0) is 25.0 Å². The summed E-state index contributed by atoms with van der Waals surface area (Å²) < 4.78 is 21.8. The van der Waals surface area contributed by atoms with Crippen molar-refractivity contribution in [3.05, 3.63) is 30.1 Å². The summed E-state index contributed by atoms with van der Waals surface area (Å²) in [6.07, 6.45) is 3.83. The van der Waals surface area contributed by atoms with E-state index >= 15 is 0 Å². The number of pyridine rings is 1. The van der Waals surface area contributed by atoms with E-state index in [-0.39, 0.29) is 5.75 Å². The van der Waals surface area contributed by atoms with Gasteiger partial charge < -0.3 is 5.11 Å². The van der Waals surface area contributed by atoms with E-state index in [0.717, 1.165) is 5.69 Å². The van der Waals surface area contributed by atoms with Crippen LogP contribution < -0.4 is 0 Å². The molecule has 90 valence electrons. The molecule has 1 aromatic rings. The molecule has 0 radical (unpaired) electrons. The van der Waals surface area contributed by atoms with Crippen molar-refractivity contribution in [3.63, 3.8) is 0 Å². The maximum Gasteiger partial charge on any atom is 0.147 e. The van der Waals surface area contributed by atoms with Gasteiger partial charge in [-0.1, -0.05) is 6.07 Å². The lowest BCUT2D eigenvalue weighted by Crippen LogP contribution is -2.13. The maximum atomic E-state index is 10.9. The standard InChI is InChI=1S/C11H17NO3S/c1-16(14,15)8-4-6-11(13)9-10-5-2-3-7-12-10/h2-3,5,7,11,13H,4,6,8-9H2,1H3. The molecule has 0 spiro atoms. The van der Waals surface area contributed by atoms with Crippen LogP contribution in [0, 0.1) is 0 Å². The van der Waals surface area contributed by atoms with Gasteiger partial charge in [-0.15, -0.1) is 0 Å². The molecule has 1 atom stereocenters. The second-order valence-electron chi connectivity index (χ2n) is 3.95. The van der Waals surface area contributed by atoms with Crippen LogP contribution >= 0.6 is 0 Å². The Balaban J connectivity index is 2.29. The molecule has 16 heavy (non-hydrogen) atoms. The fraction of sp³-hybridized carbons (Fsp3) is 0.545.